The molecule has 0 bridgehead atoms. The molecule has 1 fully saturated rings. The van der Waals surface area contributed by atoms with Crippen LogP contribution in [0.15, 0.2) is 53.5 Å². The number of amides is 1. The lowest BCUT2D eigenvalue weighted by molar-refractivity contribution is -0.127. The predicted octanol–water partition coefficient (Wildman–Crippen LogP) is 3.95. The third-order valence-corrected chi connectivity index (χ3v) is 6.36. The zero-order valence-electron chi connectivity index (χ0n) is 19.4. The van der Waals surface area contributed by atoms with Crippen molar-refractivity contribution < 1.29 is 9.53 Å². The Morgan fingerprint density at radius 3 is 2.72 bits per heavy atom. The lowest BCUT2D eigenvalue weighted by Crippen LogP contribution is -2.44. The van der Waals surface area contributed by atoms with Gasteiger partial charge < -0.3 is 19.9 Å². The van der Waals surface area contributed by atoms with Crippen LogP contribution >= 0.6 is 0 Å². The van der Waals surface area contributed by atoms with Gasteiger partial charge in [-0.25, -0.2) is 0 Å². The zero-order valence-corrected chi connectivity index (χ0v) is 19.4. The van der Waals surface area contributed by atoms with Crippen LogP contribution in [0.5, 0.6) is 5.75 Å². The topological polar surface area (TPSA) is 57.2 Å². The largest absolute Gasteiger partial charge is 0.489 e. The third kappa shape index (κ3) is 5.06. The van der Waals surface area contributed by atoms with E-state index in [4.69, 9.17) is 4.74 Å². The quantitative estimate of drug-likeness (QED) is 0.530. The lowest BCUT2D eigenvalue weighted by atomic mass is 9.98. The van der Waals surface area contributed by atoms with E-state index in [0.717, 1.165) is 44.2 Å². The molecule has 2 aromatic rings. The summed E-state index contributed by atoms with van der Waals surface area (Å²) in [5.41, 5.74) is 3.76. The van der Waals surface area contributed by atoms with Gasteiger partial charge in [-0.3, -0.25) is 9.79 Å². The minimum Gasteiger partial charge on any atom is -0.489 e. The molecule has 1 amide bonds. The Balaban J connectivity index is 1.37. The Morgan fingerprint density at radius 1 is 1.22 bits per heavy atom. The van der Waals surface area contributed by atoms with Gasteiger partial charge in [-0.2, -0.15) is 0 Å². The van der Waals surface area contributed by atoms with E-state index in [1.54, 1.807) is 0 Å². The van der Waals surface area contributed by atoms with E-state index in [2.05, 4.69) is 65.5 Å². The van der Waals surface area contributed by atoms with Crippen molar-refractivity contribution in [3.8, 4) is 5.75 Å². The van der Waals surface area contributed by atoms with Crippen molar-refractivity contribution in [3.63, 3.8) is 0 Å². The first-order chi connectivity index (χ1) is 15.5. The summed E-state index contributed by atoms with van der Waals surface area (Å²) in [5.74, 6) is 2.42. The highest BCUT2D eigenvalue weighted by Gasteiger charge is 2.32. The van der Waals surface area contributed by atoms with Crippen molar-refractivity contribution in [2.45, 2.75) is 45.1 Å². The molecule has 6 heteroatoms. The van der Waals surface area contributed by atoms with E-state index in [1.807, 2.05) is 24.1 Å². The molecule has 6 nitrogen and oxygen atoms in total. The second-order valence-electron chi connectivity index (χ2n) is 8.81. The van der Waals surface area contributed by atoms with Gasteiger partial charge in [0.05, 0.1) is 6.54 Å². The fourth-order valence-corrected chi connectivity index (χ4v) is 4.62. The first kappa shape index (κ1) is 22.2. The maximum atomic E-state index is 12.0. The number of aliphatic imine (C=N–C) groups is 1. The summed E-state index contributed by atoms with van der Waals surface area (Å²) in [6, 6.07) is 16.7. The molecular formula is C26H34N4O2. The molecule has 0 aliphatic carbocycles. The monoisotopic (exact) mass is 434 g/mol. The van der Waals surface area contributed by atoms with Crippen LogP contribution in [0.1, 0.15) is 43.2 Å². The summed E-state index contributed by atoms with van der Waals surface area (Å²) in [5, 5.41) is 3.49. The Labute approximate surface area is 191 Å². The molecule has 2 aliphatic rings. The molecule has 2 atom stereocenters. The van der Waals surface area contributed by atoms with Crippen LogP contribution in [0.2, 0.25) is 0 Å². The van der Waals surface area contributed by atoms with Crippen LogP contribution in [-0.2, 0) is 4.79 Å². The van der Waals surface area contributed by atoms with Gasteiger partial charge in [-0.1, -0.05) is 35.9 Å². The fraction of sp³-hybridized carbons (Fsp3) is 0.462. The SMILES string of the molecule is CN=C(NCC(C)Oc1ccc(C)cc1)N1CC(CCN2CCCC2=O)c2ccccc21. The highest BCUT2D eigenvalue weighted by atomic mass is 16.5. The Morgan fingerprint density at radius 2 is 2.00 bits per heavy atom. The van der Waals surface area contributed by atoms with E-state index in [0.29, 0.717) is 24.8 Å². The number of carbonyl (C=O) groups excluding carboxylic acids is 1. The molecule has 32 heavy (non-hydrogen) atoms. The van der Waals surface area contributed by atoms with Crippen LogP contribution in [-0.4, -0.2) is 56.1 Å². The molecule has 2 aromatic carbocycles. The molecular weight excluding hydrogens is 400 g/mol. The van der Waals surface area contributed by atoms with Crippen LogP contribution in [0, 0.1) is 6.92 Å². The highest BCUT2D eigenvalue weighted by molar-refractivity contribution is 5.98. The molecule has 2 aliphatic heterocycles. The number of guanidine groups is 1. The molecule has 0 aromatic heterocycles. The Kier molecular flexibility index (Phi) is 6.98. The number of para-hydroxylation sites is 1. The van der Waals surface area contributed by atoms with Gasteiger partial charge in [0.2, 0.25) is 5.91 Å². The van der Waals surface area contributed by atoms with Gasteiger partial charge in [-0.15, -0.1) is 0 Å². The second-order valence-corrected chi connectivity index (χ2v) is 8.81. The maximum Gasteiger partial charge on any atom is 0.222 e. The van der Waals surface area contributed by atoms with Crippen molar-refractivity contribution in [1.29, 1.82) is 0 Å². The van der Waals surface area contributed by atoms with Gasteiger partial charge in [0, 0.05) is 44.7 Å². The molecule has 1 saturated heterocycles. The number of aryl methyl sites for hydroxylation is 1. The summed E-state index contributed by atoms with van der Waals surface area (Å²) >= 11 is 0. The average Bonchev–Trinajstić information content (AvgIpc) is 3.38. The van der Waals surface area contributed by atoms with Gasteiger partial charge >= 0.3 is 0 Å². The van der Waals surface area contributed by atoms with E-state index in [-0.39, 0.29) is 6.10 Å². The van der Waals surface area contributed by atoms with Crippen molar-refractivity contribution in [3.05, 3.63) is 59.7 Å². The van der Waals surface area contributed by atoms with Gasteiger partial charge in [0.15, 0.2) is 5.96 Å². The van der Waals surface area contributed by atoms with Crippen molar-refractivity contribution in [1.82, 2.24) is 10.2 Å². The minimum atomic E-state index is 0.00396. The van der Waals surface area contributed by atoms with Crippen molar-refractivity contribution >= 4 is 17.6 Å². The summed E-state index contributed by atoms with van der Waals surface area (Å²) in [6.45, 7) is 7.40. The van der Waals surface area contributed by atoms with E-state index in [1.165, 1.54) is 16.8 Å². The van der Waals surface area contributed by atoms with Crippen LogP contribution in [0.3, 0.4) is 0 Å². The molecule has 0 radical (unpaired) electrons. The molecule has 4 rings (SSSR count). The predicted molar refractivity (Wildman–Crippen MR) is 130 cm³/mol. The number of nitrogens with zero attached hydrogens (tertiary/aromatic N) is 3. The zero-order chi connectivity index (χ0) is 22.5. The number of hydrogen-bond donors (Lipinski definition) is 1. The smallest absolute Gasteiger partial charge is 0.222 e. The van der Waals surface area contributed by atoms with Crippen LogP contribution in [0.25, 0.3) is 0 Å². The Hall–Kier alpha value is -3.02. The minimum absolute atomic E-state index is 0.00396. The number of anilines is 1. The first-order valence-electron chi connectivity index (χ1n) is 11.6. The molecule has 0 saturated carbocycles. The van der Waals surface area contributed by atoms with E-state index < -0.39 is 0 Å². The highest BCUT2D eigenvalue weighted by Crippen LogP contribution is 2.38. The fourth-order valence-electron chi connectivity index (χ4n) is 4.62. The number of hydrogen-bond acceptors (Lipinski definition) is 3. The molecule has 2 heterocycles. The Bertz CT molecular complexity index is 957. The standard InChI is InChI=1S/C26H34N4O2/c1-19-10-12-22(13-11-19)32-20(2)17-28-26(27-3)30-18-21(23-7-4-5-8-24(23)30)14-16-29-15-6-9-25(29)31/h4-5,7-8,10-13,20-21H,6,9,14-18H2,1-3H3,(H,27,28). The van der Waals surface area contributed by atoms with E-state index >= 15 is 0 Å². The number of carbonyl (C=O) groups is 1. The molecule has 2 unspecified atom stereocenters. The van der Waals surface area contributed by atoms with E-state index in [9.17, 15) is 4.79 Å². The number of ether oxygens (including phenoxy) is 1. The van der Waals surface area contributed by atoms with Crippen LogP contribution < -0.4 is 15.0 Å². The summed E-state index contributed by atoms with van der Waals surface area (Å²) < 4.78 is 6.05. The number of likely N-dealkylation sites (tertiary alicyclic amines) is 1. The molecule has 1 N–H and O–H groups in total. The number of fused-ring (bicyclic) bond motifs is 1. The number of nitrogens with one attached hydrogen (secondary N) is 1. The average molecular weight is 435 g/mol. The van der Waals surface area contributed by atoms with Gasteiger partial charge in [-0.05, 0) is 50.5 Å². The third-order valence-electron chi connectivity index (χ3n) is 6.36. The second kappa shape index (κ2) is 10.1. The van der Waals surface area contributed by atoms with Crippen molar-refractivity contribution in [2.24, 2.45) is 4.99 Å². The number of benzene rings is 2. The molecule has 170 valence electrons. The summed E-state index contributed by atoms with van der Waals surface area (Å²) in [6.07, 6.45) is 2.67. The lowest BCUT2D eigenvalue weighted by Gasteiger charge is -2.25. The van der Waals surface area contributed by atoms with Crippen molar-refractivity contribution in [2.75, 3.05) is 38.1 Å². The normalized spacial score (nSPS) is 19.3. The molecule has 0 spiro atoms. The first-order valence-corrected chi connectivity index (χ1v) is 11.6. The number of rotatable bonds is 7. The van der Waals surface area contributed by atoms with Crippen LogP contribution in [0.4, 0.5) is 5.69 Å². The maximum absolute atomic E-state index is 12.0. The summed E-state index contributed by atoms with van der Waals surface area (Å²) in [4.78, 5) is 20.9. The van der Waals surface area contributed by atoms with Gasteiger partial charge in [0.25, 0.3) is 0 Å². The summed E-state index contributed by atoms with van der Waals surface area (Å²) in [7, 11) is 1.83. The van der Waals surface area contributed by atoms with Gasteiger partial charge in [0.1, 0.15) is 11.9 Å².